The minimum absolute atomic E-state index is 0.431. The van der Waals surface area contributed by atoms with Crippen molar-refractivity contribution in [1.82, 2.24) is 5.32 Å². The van der Waals surface area contributed by atoms with Gasteiger partial charge in [-0.25, -0.2) is 0 Å². The van der Waals surface area contributed by atoms with Crippen LogP contribution < -0.4 is 5.32 Å². The third-order valence-electron chi connectivity index (χ3n) is 4.78. The summed E-state index contributed by atoms with van der Waals surface area (Å²) in [6, 6.07) is 0.728. The fourth-order valence-electron chi connectivity index (χ4n) is 3.62. The topological polar surface area (TPSA) is 30.5 Å². The van der Waals surface area contributed by atoms with Gasteiger partial charge < -0.3 is 14.8 Å². The van der Waals surface area contributed by atoms with Crippen molar-refractivity contribution in [3.8, 4) is 0 Å². The third kappa shape index (κ3) is 3.94. The molecular formula is C15H29NO2. The summed E-state index contributed by atoms with van der Waals surface area (Å²) in [5.74, 6) is 0.830. The van der Waals surface area contributed by atoms with Crippen LogP contribution in [0, 0.1) is 5.92 Å². The van der Waals surface area contributed by atoms with Gasteiger partial charge in [-0.15, -0.1) is 0 Å². The van der Waals surface area contributed by atoms with Crippen LogP contribution >= 0.6 is 0 Å². The molecule has 2 aliphatic rings. The first-order valence-electron chi connectivity index (χ1n) is 7.65. The van der Waals surface area contributed by atoms with Gasteiger partial charge in [0.15, 0.2) is 0 Å². The maximum atomic E-state index is 6.06. The standard InChI is InChI=1S/C15H29NO2/c1-16-15-8-3-5-12(15)9-10-18-14-7-4-6-13(11-14)17-2/h12-16H,3-11H2,1-2H3. The lowest BCUT2D eigenvalue weighted by Gasteiger charge is -2.29. The Kier molecular flexibility index (Phi) is 5.93. The van der Waals surface area contributed by atoms with Crippen molar-refractivity contribution in [2.75, 3.05) is 20.8 Å². The van der Waals surface area contributed by atoms with Crippen LogP contribution in [0.1, 0.15) is 51.4 Å². The van der Waals surface area contributed by atoms with Crippen LogP contribution in [0.5, 0.6) is 0 Å². The first-order valence-corrected chi connectivity index (χ1v) is 7.65. The summed E-state index contributed by atoms with van der Waals surface area (Å²) < 4.78 is 11.5. The average Bonchev–Trinajstić information content (AvgIpc) is 2.86. The lowest BCUT2D eigenvalue weighted by molar-refractivity contribution is -0.0330. The van der Waals surface area contributed by atoms with Crippen LogP contribution in [0.3, 0.4) is 0 Å². The predicted octanol–water partition coefficient (Wildman–Crippen LogP) is 2.74. The fourth-order valence-corrected chi connectivity index (χ4v) is 3.62. The first kappa shape index (κ1) is 14.3. The second kappa shape index (κ2) is 7.46. The molecule has 2 aliphatic carbocycles. The molecule has 106 valence electrons. The summed E-state index contributed by atoms with van der Waals surface area (Å²) in [5.41, 5.74) is 0. The van der Waals surface area contributed by atoms with Crippen LogP contribution in [0.4, 0.5) is 0 Å². The lowest BCUT2D eigenvalue weighted by Crippen LogP contribution is -2.31. The molecule has 18 heavy (non-hydrogen) atoms. The first-order chi connectivity index (χ1) is 8.83. The Hall–Kier alpha value is -0.120. The molecule has 0 aromatic carbocycles. The van der Waals surface area contributed by atoms with Gasteiger partial charge in [-0.05, 0) is 57.9 Å². The molecule has 0 aromatic heterocycles. The molecule has 0 saturated heterocycles. The maximum absolute atomic E-state index is 6.06. The molecule has 0 aliphatic heterocycles. The van der Waals surface area contributed by atoms with E-state index in [-0.39, 0.29) is 0 Å². The number of methoxy groups -OCH3 is 1. The van der Waals surface area contributed by atoms with Crippen molar-refractivity contribution in [2.24, 2.45) is 5.92 Å². The molecule has 0 heterocycles. The van der Waals surface area contributed by atoms with E-state index in [0.29, 0.717) is 12.2 Å². The largest absolute Gasteiger partial charge is 0.381 e. The maximum Gasteiger partial charge on any atom is 0.0599 e. The van der Waals surface area contributed by atoms with Crippen molar-refractivity contribution in [1.29, 1.82) is 0 Å². The highest BCUT2D eigenvalue weighted by atomic mass is 16.5. The van der Waals surface area contributed by atoms with Crippen molar-refractivity contribution in [3.63, 3.8) is 0 Å². The zero-order valence-corrected chi connectivity index (χ0v) is 12.0. The fraction of sp³-hybridized carbons (Fsp3) is 1.00. The molecule has 0 spiro atoms. The summed E-state index contributed by atoms with van der Waals surface area (Å²) in [6.45, 7) is 0.934. The summed E-state index contributed by atoms with van der Waals surface area (Å²) in [6.07, 6.45) is 11.0. The van der Waals surface area contributed by atoms with Gasteiger partial charge in [0.2, 0.25) is 0 Å². The van der Waals surface area contributed by atoms with E-state index in [1.54, 1.807) is 0 Å². The van der Waals surface area contributed by atoms with E-state index in [2.05, 4.69) is 12.4 Å². The van der Waals surface area contributed by atoms with Crippen molar-refractivity contribution < 1.29 is 9.47 Å². The lowest BCUT2D eigenvalue weighted by atomic mass is 9.94. The minimum atomic E-state index is 0.431. The molecule has 0 aromatic rings. The molecule has 1 N–H and O–H groups in total. The molecule has 2 fully saturated rings. The highest BCUT2D eigenvalue weighted by molar-refractivity contribution is 4.82. The van der Waals surface area contributed by atoms with E-state index in [1.807, 2.05) is 7.11 Å². The van der Waals surface area contributed by atoms with Gasteiger partial charge in [-0.2, -0.15) is 0 Å². The number of hydrogen-bond acceptors (Lipinski definition) is 3. The highest BCUT2D eigenvalue weighted by Crippen LogP contribution is 2.29. The molecule has 4 unspecified atom stereocenters. The molecule has 0 amide bonds. The van der Waals surface area contributed by atoms with Crippen LogP contribution in [0.15, 0.2) is 0 Å². The van der Waals surface area contributed by atoms with Gasteiger partial charge in [0.05, 0.1) is 12.2 Å². The van der Waals surface area contributed by atoms with Crippen molar-refractivity contribution in [3.05, 3.63) is 0 Å². The van der Waals surface area contributed by atoms with E-state index < -0.39 is 0 Å². The summed E-state index contributed by atoms with van der Waals surface area (Å²) in [4.78, 5) is 0. The Labute approximate surface area is 112 Å². The van der Waals surface area contributed by atoms with Crippen molar-refractivity contribution >= 4 is 0 Å². The molecule has 3 heteroatoms. The van der Waals surface area contributed by atoms with Gasteiger partial charge in [-0.1, -0.05) is 6.42 Å². The quantitative estimate of drug-likeness (QED) is 0.791. The predicted molar refractivity (Wildman–Crippen MR) is 73.8 cm³/mol. The Bertz CT molecular complexity index is 235. The molecule has 0 radical (unpaired) electrons. The molecule has 3 nitrogen and oxygen atoms in total. The van der Waals surface area contributed by atoms with E-state index in [0.717, 1.165) is 25.0 Å². The second-order valence-electron chi connectivity index (χ2n) is 5.89. The molecule has 2 rings (SSSR count). The van der Waals surface area contributed by atoms with E-state index in [9.17, 15) is 0 Å². The van der Waals surface area contributed by atoms with E-state index in [1.165, 1.54) is 44.9 Å². The summed E-state index contributed by atoms with van der Waals surface area (Å²) in [7, 11) is 3.91. The molecule has 4 atom stereocenters. The molecular weight excluding hydrogens is 226 g/mol. The minimum Gasteiger partial charge on any atom is -0.381 e. The average molecular weight is 255 g/mol. The van der Waals surface area contributed by atoms with Crippen LogP contribution in [0.25, 0.3) is 0 Å². The van der Waals surface area contributed by atoms with Gasteiger partial charge >= 0.3 is 0 Å². The summed E-state index contributed by atoms with van der Waals surface area (Å²) in [5, 5.41) is 3.44. The SMILES string of the molecule is CNC1CCCC1CCOC1CCCC(OC)C1. The van der Waals surface area contributed by atoms with Gasteiger partial charge in [-0.3, -0.25) is 0 Å². The normalized spacial score (nSPS) is 37.0. The smallest absolute Gasteiger partial charge is 0.0599 e. The van der Waals surface area contributed by atoms with E-state index >= 15 is 0 Å². The zero-order valence-electron chi connectivity index (χ0n) is 12.0. The Morgan fingerprint density at radius 3 is 2.61 bits per heavy atom. The second-order valence-corrected chi connectivity index (χ2v) is 5.89. The zero-order chi connectivity index (χ0) is 12.8. The molecule has 2 saturated carbocycles. The molecule has 0 bridgehead atoms. The highest BCUT2D eigenvalue weighted by Gasteiger charge is 2.26. The van der Waals surface area contributed by atoms with Crippen LogP contribution in [-0.4, -0.2) is 39.0 Å². The number of ether oxygens (including phenoxy) is 2. The van der Waals surface area contributed by atoms with Crippen molar-refractivity contribution in [2.45, 2.75) is 69.6 Å². The van der Waals surface area contributed by atoms with Crippen LogP contribution in [-0.2, 0) is 9.47 Å². The summed E-state index contributed by atoms with van der Waals surface area (Å²) >= 11 is 0. The Morgan fingerprint density at radius 2 is 1.83 bits per heavy atom. The Morgan fingerprint density at radius 1 is 1.06 bits per heavy atom. The number of hydrogen-bond donors (Lipinski definition) is 1. The number of rotatable bonds is 6. The monoisotopic (exact) mass is 255 g/mol. The third-order valence-corrected chi connectivity index (χ3v) is 4.78. The van der Waals surface area contributed by atoms with E-state index in [4.69, 9.17) is 9.47 Å². The van der Waals surface area contributed by atoms with Gasteiger partial charge in [0.25, 0.3) is 0 Å². The van der Waals surface area contributed by atoms with Gasteiger partial charge in [0.1, 0.15) is 0 Å². The Balaban J connectivity index is 1.62. The van der Waals surface area contributed by atoms with Crippen LogP contribution in [0.2, 0.25) is 0 Å². The van der Waals surface area contributed by atoms with Gasteiger partial charge in [0, 0.05) is 19.8 Å². The number of nitrogens with one attached hydrogen (secondary N) is 1.